The van der Waals surface area contributed by atoms with Gasteiger partial charge in [-0.2, -0.15) is 0 Å². The molecule has 0 bridgehead atoms. The lowest BCUT2D eigenvalue weighted by molar-refractivity contribution is 0.178. The summed E-state index contributed by atoms with van der Waals surface area (Å²) in [6.07, 6.45) is 5.07. The van der Waals surface area contributed by atoms with Crippen molar-refractivity contribution in [3.05, 3.63) is 11.9 Å². The minimum atomic E-state index is 0.409. The second-order valence-electron chi connectivity index (χ2n) is 4.40. The third-order valence-electron chi connectivity index (χ3n) is 2.98. The lowest BCUT2D eigenvalue weighted by atomic mass is 10.2. The SMILES string of the molecule is COCc1nc(N)cc(N2CCCCCC2)n1. The molecule has 1 fully saturated rings. The van der Waals surface area contributed by atoms with E-state index in [9.17, 15) is 0 Å². The van der Waals surface area contributed by atoms with E-state index in [-0.39, 0.29) is 0 Å². The molecule has 0 aromatic carbocycles. The van der Waals surface area contributed by atoms with Crippen LogP contribution in [0.2, 0.25) is 0 Å². The van der Waals surface area contributed by atoms with E-state index in [1.165, 1.54) is 25.7 Å². The Morgan fingerprint density at radius 3 is 2.59 bits per heavy atom. The van der Waals surface area contributed by atoms with E-state index in [0.717, 1.165) is 18.9 Å². The Labute approximate surface area is 102 Å². The van der Waals surface area contributed by atoms with Gasteiger partial charge in [-0.1, -0.05) is 12.8 Å². The van der Waals surface area contributed by atoms with Gasteiger partial charge in [0.1, 0.15) is 18.2 Å². The molecule has 5 heteroatoms. The Kier molecular flexibility index (Phi) is 4.14. The first-order valence-electron chi connectivity index (χ1n) is 6.17. The Bertz CT molecular complexity index is 362. The topological polar surface area (TPSA) is 64.3 Å². The number of anilines is 2. The molecule has 1 saturated heterocycles. The molecule has 94 valence electrons. The van der Waals surface area contributed by atoms with Crippen LogP contribution < -0.4 is 10.6 Å². The first kappa shape index (κ1) is 12.1. The van der Waals surface area contributed by atoms with Crippen LogP contribution in [0, 0.1) is 0 Å². The molecule has 1 aromatic rings. The highest BCUT2D eigenvalue weighted by Gasteiger charge is 2.13. The molecular weight excluding hydrogens is 216 g/mol. The number of ether oxygens (including phenoxy) is 1. The van der Waals surface area contributed by atoms with Gasteiger partial charge in [0.15, 0.2) is 5.82 Å². The van der Waals surface area contributed by atoms with Crippen molar-refractivity contribution in [2.24, 2.45) is 0 Å². The molecule has 0 amide bonds. The molecule has 1 aliphatic rings. The molecule has 17 heavy (non-hydrogen) atoms. The summed E-state index contributed by atoms with van der Waals surface area (Å²) in [5.74, 6) is 2.12. The summed E-state index contributed by atoms with van der Waals surface area (Å²) >= 11 is 0. The van der Waals surface area contributed by atoms with Gasteiger partial charge in [-0.05, 0) is 12.8 Å². The van der Waals surface area contributed by atoms with Crippen molar-refractivity contribution < 1.29 is 4.74 Å². The Balaban J connectivity index is 2.17. The van der Waals surface area contributed by atoms with E-state index in [1.807, 2.05) is 6.07 Å². The highest BCUT2D eigenvalue weighted by atomic mass is 16.5. The maximum absolute atomic E-state index is 5.80. The van der Waals surface area contributed by atoms with Crippen LogP contribution in [-0.2, 0) is 11.3 Å². The van der Waals surface area contributed by atoms with Crippen molar-refractivity contribution in [1.29, 1.82) is 0 Å². The molecule has 0 aliphatic carbocycles. The molecule has 2 heterocycles. The van der Waals surface area contributed by atoms with Gasteiger partial charge in [0.25, 0.3) is 0 Å². The van der Waals surface area contributed by atoms with Crippen molar-refractivity contribution in [2.75, 3.05) is 30.8 Å². The summed E-state index contributed by atoms with van der Waals surface area (Å²) in [5.41, 5.74) is 5.80. The normalized spacial score (nSPS) is 16.9. The highest BCUT2D eigenvalue weighted by Crippen LogP contribution is 2.19. The first-order chi connectivity index (χ1) is 8.29. The quantitative estimate of drug-likeness (QED) is 0.863. The lowest BCUT2D eigenvalue weighted by Crippen LogP contribution is -2.25. The van der Waals surface area contributed by atoms with Crippen LogP contribution in [-0.4, -0.2) is 30.2 Å². The van der Waals surface area contributed by atoms with Crippen molar-refractivity contribution in [3.8, 4) is 0 Å². The molecule has 1 aromatic heterocycles. The smallest absolute Gasteiger partial charge is 0.158 e. The monoisotopic (exact) mass is 236 g/mol. The minimum Gasteiger partial charge on any atom is -0.384 e. The van der Waals surface area contributed by atoms with Gasteiger partial charge in [-0.15, -0.1) is 0 Å². The van der Waals surface area contributed by atoms with E-state index in [0.29, 0.717) is 18.2 Å². The van der Waals surface area contributed by atoms with Crippen LogP contribution in [0.1, 0.15) is 31.5 Å². The fraction of sp³-hybridized carbons (Fsp3) is 0.667. The van der Waals surface area contributed by atoms with E-state index in [4.69, 9.17) is 10.5 Å². The van der Waals surface area contributed by atoms with Crippen molar-refractivity contribution >= 4 is 11.6 Å². The predicted molar refractivity (Wildman–Crippen MR) is 67.8 cm³/mol. The molecule has 2 rings (SSSR count). The zero-order valence-electron chi connectivity index (χ0n) is 10.4. The largest absolute Gasteiger partial charge is 0.384 e. The van der Waals surface area contributed by atoms with Crippen molar-refractivity contribution in [3.63, 3.8) is 0 Å². The van der Waals surface area contributed by atoms with E-state index >= 15 is 0 Å². The second-order valence-corrected chi connectivity index (χ2v) is 4.40. The number of hydrogen-bond acceptors (Lipinski definition) is 5. The molecule has 0 radical (unpaired) electrons. The van der Waals surface area contributed by atoms with Gasteiger partial charge in [0, 0.05) is 26.3 Å². The summed E-state index contributed by atoms with van der Waals surface area (Å²) in [5, 5.41) is 0. The third kappa shape index (κ3) is 3.30. The van der Waals surface area contributed by atoms with Crippen LogP contribution in [0.15, 0.2) is 6.07 Å². The molecule has 0 unspecified atom stereocenters. The molecule has 0 atom stereocenters. The summed E-state index contributed by atoms with van der Waals surface area (Å²) < 4.78 is 5.05. The average molecular weight is 236 g/mol. The van der Waals surface area contributed by atoms with E-state index < -0.39 is 0 Å². The molecular formula is C12H20N4O. The fourth-order valence-corrected chi connectivity index (χ4v) is 2.16. The number of hydrogen-bond donors (Lipinski definition) is 1. The molecule has 1 aliphatic heterocycles. The van der Waals surface area contributed by atoms with Gasteiger partial charge in [-0.3, -0.25) is 0 Å². The molecule has 5 nitrogen and oxygen atoms in total. The number of nitrogen functional groups attached to an aromatic ring is 1. The van der Waals surface area contributed by atoms with Crippen LogP contribution in [0.5, 0.6) is 0 Å². The highest BCUT2D eigenvalue weighted by molar-refractivity contribution is 5.47. The molecule has 2 N–H and O–H groups in total. The number of aromatic nitrogens is 2. The standard InChI is InChI=1S/C12H20N4O/c1-17-9-11-14-10(13)8-12(15-11)16-6-4-2-3-5-7-16/h8H,2-7,9H2,1H3,(H2,13,14,15). The van der Waals surface area contributed by atoms with Gasteiger partial charge >= 0.3 is 0 Å². The first-order valence-corrected chi connectivity index (χ1v) is 6.17. The van der Waals surface area contributed by atoms with E-state index in [1.54, 1.807) is 7.11 Å². The average Bonchev–Trinajstić information content (AvgIpc) is 2.57. The van der Waals surface area contributed by atoms with Crippen molar-refractivity contribution in [2.45, 2.75) is 32.3 Å². The maximum Gasteiger partial charge on any atom is 0.158 e. The second kappa shape index (κ2) is 5.82. The number of methoxy groups -OCH3 is 1. The zero-order chi connectivity index (χ0) is 12.1. The lowest BCUT2D eigenvalue weighted by Gasteiger charge is -2.21. The summed E-state index contributed by atoms with van der Waals surface area (Å²) in [6.45, 7) is 2.53. The predicted octanol–water partition coefficient (Wildman–Crippen LogP) is 1.59. The minimum absolute atomic E-state index is 0.409. The van der Waals surface area contributed by atoms with Gasteiger partial charge in [-0.25, -0.2) is 9.97 Å². The summed E-state index contributed by atoms with van der Waals surface area (Å²) in [4.78, 5) is 11.0. The maximum atomic E-state index is 5.80. The number of nitrogens with zero attached hydrogens (tertiary/aromatic N) is 3. The van der Waals surface area contributed by atoms with Crippen LogP contribution in [0.4, 0.5) is 11.6 Å². The van der Waals surface area contributed by atoms with Gasteiger partial charge in [0.2, 0.25) is 0 Å². The van der Waals surface area contributed by atoms with Crippen LogP contribution in [0.25, 0.3) is 0 Å². The Hall–Kier alpha value is -1.36. The molecule has 0 spiro atoms. The Morgan fingerprint density at radius 1 is 1.24 bits per heavy atom. The zero-order valence-corrected chi connectivity index (χ0v) is 10.4. The number of nitrogens with two attached hydrogens (primary N) is 1. The van der Waals surface area contributed by atoms with Crippen LogP contribution >= 0.6 is 0 Å². The summed E-state index contributed by atoms with van der Waals surface area (Å²) in [6, 6.07) is 1.85. The fourth-order valence-electron chi connectivity index (χ4n) is 2.16. The van der Waals surface area contributed by atoms with Gasteiger partial charge in [0.05, 0.1) is 0 Å². The van der Waals surface area contributed by atoms with E-state index in [2.05, 4.69) is 14.9 Å². The molecule has 0 saturated carbocycles. The Morgan fingerprint density at radius 2 is 1.94 bits per heavy atom. The number of rotatable bonds is 3. The summed E-state index contributed by atoms with van der Waals surface area (Å²) in [7, 11) is 1.64. The third-order valence-corrected chi connectivity index (χ3v) is 2.98. The van der Waals surface area contributed by atoms with Crippen LogP contribution in [0.3, 0.4) is 0 Å². The van der Waals surface area contributed by atoms with Gasteiger partial charge < -0.3 is 15.4 Å². The van der Waals surface area contributed by atoms with Crippen molar-refractivity contribution in [1.82, 2.24) is 9.97 Å².